The van der Waals surface area contributed by atoms with Crippen LogP contribution in [0.3, 0.4) is 0 Å². The molecule has 0 aliphatic rings. The normalized spacial score (nSPS) is 11.7. The fourth-order valence-corrected chi connectivity index (χ4v) is 2.72. The van der Waals surface area contributed by atoms with Crippen LogP contribution in [0.5, 0.6) is 0 Å². The first-order valence-electron chi connectivity index (χ1n) is 8.89. The smallest absolute Gasteiger partial charge is 0.251 e. The zero-order chi connectivity index (χ0) is 21.6. The Labute approximate surface area is 184 Å². The zero-order valence-corrected chi connectivity index (χ0v) is 18.5. The summed E-state index contributed by atoms with van der Waals surface area (Å²) in [4.78, 5) is 37.3. The summed E-state index contributed by atoms with van der Waals surface area (Å²) in [6.07, 6.45) is 5.32. The highest BCUT2D eigenvalue weighted by atomic mass is 127. The van der Waals surface area contributed by atoms with E-state index in [1.54, 1.807) is 57.2 Å². The van der Waals surface area contributed by atoms with E-state index < -0.39 is 23.4 Å². The Morgan fingerprint density at radius 3 is 2.17 bits per heavy atom. The molecule has 2 aromatic carbocycles. The molecule has 7 heteroatoms. The first kappa shape index (κ1) is 22.4. The second-order valence-corrected chi connectivity index (χ2v) is 8.24. The van der Waals surface area contributed by atoms with Crippen molar-refractivity contribution in [3.8, 4) is 12.3 Å². The Morgan fingerprint density at radius 2 is 1.62 bits per heavy atom. The molecule has 0 spiro atoms. The van der Waals surface area contributed by atoms with Gasteiger partial charge in [-0.25, -0.2) is 0 Å². The topological polar surface area (TPSA) is 87.3 Å². The summed E-state index contributed by atoms with van der Waals surface area (Å²) >= 11 is 2.15. The van der Waals surface area contributed by atoms with Crippen LogP contribution in [0.15, 0.2) is 48.5 Å². The Hall–Kier alpha value is -2.86. The molecule has 150 valence electrons. The minimum absolute atomic E-state index is 0.361. The van der Waals surface area contributed by atoms with Crippen LogP contribution in [-0.4, -0.2) is 29.3 Å². The van der Waals surface area contributed by atoms with Crippen molar-refractivity contribution in [1.29, 1.82) is 0 Å². The van der Waals surface area contributed by atoms with Gasteiger partial charge in [0.15, 0.2) is 0 Å². The lowest BCUT2D eigenvalue weighted by Crippen LogP contribution is -2.57. The van der Waals surface area contributed by atoms with Gasteiger partial charge in [-0.1, -0.05) is 5.92 Å². The average Bonchev–Trinajstić information content (AvgIpc) is 2.68. The van der Waals surface area contributed by atoms with Crippen molar-refractivity contribution < 1.29 is 14.4 Å². The second-order valence-electron chi connectivity index (χ2n) is 6.99. The largest absolute Gasteiger partial charge is 0.341 e. The lowest BCUT2D eigenvalue weighted by atomic mass is 10.0. The van der Waals surface area contributed by atoms with Gasteiger partial charge in [-0.3, -0.25) is 14.4 Å². The monoisotopic (exact) mass is 503 g/mol. The fourth-order valence-electron chi connectivity index (χ4n) is 2.36. The van der Waals surface area contributed by atoms with Crippen LogP contribution in [0.25, 0.3) is 0 Å². The molecular weight excluding hydrogens is 481 g/mol. The number of benzene rings is 2. The van der Waals surface area contributed by atoms with Crippen molar-refractivity contribution in [3.05, 3.63) is 63.2 Å². The van der Waals surface area contributed by atoms with Crippen molar-refractivity contribution in [1.82, 2.24) is 10.6 Å². The lowest BCUT2D eigenvalue weighted by molar-refractivity contribution is -0.130. The van der Waals surface area contributed by atoms with E-state index in [1.807, 2.05) is 12.1 Å². The molecule has 29 heavy (non-hydrogen) atoms. The van der Waals surface area contributed by atoms with Crippen molar-refractivity contribution in [2.45, 2.75) is 32.4 Å². The van der Waals surface area contributed by atoms with Crippen molar-refractivity contribution in [3.63, 3.8) is 0 Å². The highest BCUT2D eigenvalue weighted by Crippen LogP contribution is 2.13. The maximum absolute atomic E-state index is 12.6. The molecule has 0 bridgehead atoms. The van der Waals surface area contributed by atoms with E-state index in [0.717, 1.165) is 3.57 Å². The number of hydrogen-bond donors (Lipinski definition) is 3. The van der Waals surface area contributed by atoms with Crippen molar-refractivity contribution in [2.75, 3.05) is 5.32 Å². The van der Waals surface area contributed by atoms with Crippen LogP contribution in [0.1, 0.15) is 36.7 Å². The molecule has 6 nitrogen and oxygen atoms in total. The summed E-state index contributed by atoms with van der Waals surface area (Å²) in [7, 11) is 0. The van der Waals surface area contributed by atoms with Gasteiger partial charge in [0, 0.05) is 20.4 Å². The molecule has 0 radical (unpaired) electrons. The van der Waals surface area contributed by atoms with Crippen LogP contribution >= 0.6 is 22.6 Å². The highest BCUT2D eigenvalue weighted by Gasteiger charge is 2.31. The summed E-state index contributed by atoms with van der Waals surface area (Å²) < 4.78 is 1.01. The third kappa shape index (κ3) is 6.32. The lowest BCUT2D eigenvalue weighted by Gasteiger charge is -2.27. The van der Waals surface area contributed by atoms with Gasteiger partial charge in [0.25, 0.3) is 5.91 Å². The molecule has 2 aromatic rings. The number of halogens is 1. The average molecular weight is 503 g/mol. The first-order valence-corrected chi connectivity index (χ1v) is 9.97. The maximum atomic E-state index is 12.6. The Morgan fingerprint density at radius 1 is 1.03 bits per heavy atom. The van der Waals surface area contributed by atoms with Crippen molar-refractivity contribution >= 4 is 46.0 Å². The summed E-state index contributed by atoms with van der Waals surface area (Å²) in [6, 6.07) is 13.0. The number of carbonyl (C=O) groups excluding carboxylic acids is 3. The maximum Gasteiger partial charge on any atom is 0.251 e. The van der Waals surface area contributed by atoms with E-state index in [2.05, 4.69) is 44.5 Å². The van der Waals surface area contributed by atoms with Gasteiger partial charge in [-0.15, -0.1) is 6.42 Å². The number of hydrogen-bond acceptors (Lipinski definition) is 3. The predicted octanol–water partition coefficient (Wildman–Crippen LogP) is 2.92. The molecule has 0 unspecified atom stereocenters. The summed E-state index contributed by atoms with van der Waals surface area (Å²) in [5.41, 5.74) is 0.533. The predicted molar refractivity (Wildman–Crippen MR) is 121 cm³/mol. The molecular formula is C22H22IN3O3. The first-order chi connectivity index (χ1) is 13.6. The van der Waals surface area contributed by atoms with Crippen molar-refractivity contribution in [2.24, 2.45) is 0 Å². The summed E-state index contributed by atoms with van der Waals surface area (Å²) in [5, 5.41) is 8.04. The van der Waals surface area contributed by atoms with Gasteiger partial charge >= 0.3 is 0 Å². The summed E-state index contributed by atoms with van der Waals surface area (Å²) in [6.45, 7) is 4.74. The van der Waals surface area contributed by atoms with Gasteiger partial charge in [0.1, 0.15) is 11.6 Å². The number of rotatable bonds is 6. The van der Waals surface area contributed by atoms with Crippen LogP contribution in [0, 0.1) is 15.9 Å². The number of amides is 3. The number of anilines is 1. The van der Waals surface area contributed by atoms with Gasteiger partial charge in [-0.05, 0) is 91.9 Å². The van der Waals surface area contributed by atoms with E-state index in [1.165, 1.54) is 0 Å². The molecule has 2 rings (SSSR count). The molecule has 0 aliphatic heterocycles. The minimum atomic E-state index is -1.19. The molecule has 1 atom stereocenters. The SMILES string of the molecule is C#Cc1ccc(NC(=O)C(C)(C)NC(=O)[C@H](C)NC(=O)c2ccc(I)cc2)cc1. The van der Waals surface area contributed by atoms with Crippen LogP contribution in [0.2, 0.25) is 0 Å². The van der Waals surface area contributed by atoms with Crippen LogP contribution in [-0.2, 0) is 9.59 Å². The van der Waals surface area contributed by atoms with Crippen LogP contribution < -0.4 is 16.0 Å². The van der Waals surface area contributed by atoms with Gasteiger partial charge in [-0.2, -0.15) is 0 Å². The highest BCUT2D eigenvalue weighted by molar-refractivity contribution is 14.1. The van der Waals surface area contributed by atoms with E-state index >= 15 is 0 Å². The third-order valence-electron chi connectivity index (χ3n) is 4.16. The van der Waals surface area contributed by atoms with Gasteiger partial charge in [0.05, 0.1) is 0 Å². The van der Waals surface area contributed by atoms with Gasteiger partial charge in [0.2, 0.25) is 11.8 Å². The van der Waals surface area contributed by atoms with E-state index in [4.69, 9.17) is 6.42 Å². The molecule has 3 N–H and O–H groups in total. The molecule has 0 fully saturated rings. The Balaban J connectivity index is 1.95. The molecule has 0 aliphatic carbocycles. The van der Waals surface area contributed by atoms with E-state index in [0.29, 0.717) is 16.8 Å². The minimum Gasteiger partial charge on any atom is -0.341 e. The number of nitrogens with one attached hydrogen (secondary N) is 3. The standard InChI is InChI=1S/C22H22IN3O3/c1-5-15-6-12-18(13-7-15)25-21(29)22(3,4)26-19(27)14(2)24-20(28)16-8-10-17(23)11-9-16/h1,6-14H,2-4H3,(H,24,28)(H,25,29)(H,26,27)/t14-/m0/s1. The molecule has 0 heterocycles. The Kier molecular flexibility index (Phi) is 7.40. The Bertz CT molecular complexity index is 945. The molecule has 0 aromatic heterocycles. The molecule has 0 saturated carbocycles. The van der Waals surface area contributed by atoms with Crippen LogP contribution in [0.4, 0.5) is 5.69 Å². The quantitative estimate of drug-likeness (QED) is 0.419. The molecule has 0 saturated heterocycles. The second kappa shape index (κ2) is 9.56. The molecule has 3 amide bonds. The fraction of sp³-hybridized carbons (Fsp3) is 0.227. The van der Waals surface area contributed by atoms with E-state index in [9.17, 15) is 14.4 Å². The zero-order valence-electron chi connectivity index (χ0n) is 16.4. The summed E-state index contributed by atoms with van der Waals surface area (Å²) in [5.74, 6) is 1.28. The number of terminal acetylenes is 1. The van der Waals surface area contributed by atoms with E-state index in [-0.39, 0.29) is 5.91 Å². The third-order valence-corrected chi connectivity index (χ3v) is 4.88. The number of carbonyl (C=O) groups is 3. The van der Waals surface area contributed by atoms with Gasteiger partial charge < -0.3 is 16.0 Å².